The number of carbonyl (C=O) groups excluding carboxylic acids is 2. The summed E-state index contributed by atoms with van der Waals surface area (Å²) in [5.41, 5.74) is 0. The molecular weight excluding hydrogens is 216 g/mol. The Morgan fingerprint density at radius 1 is 1.12 bits per heavy atom. The zero-order chi connectivity index (χ0) is 12.7. The Hall–Kier alpha value is -1.38. The number of rotatable bonds is 8. The van der Waals surface area contributed by atoms with Crippen molar-refractivity contribution in [2.24, 2.45) is 0 Å². The first kappa shape index (κ1) is 13.7. The van der Waals surface area contributed by atoms with E-state index in [0.29, 0.717) is 18.6 Å². The highest BCUT2D eigenvalue weighted by Gasteiger charge is 2.12. The third kappa shape index (κ3) is 4.55. The van der Waals surface area contributed by atoms with Gasteiger partial charge in [0.1, 0.15) is 11.5 Å². The normalized spacial score (nSPS) is 10.5. The molecule has 0 aromatic carbocycles. The van der Waals surface area contributed by atoms with Gasteiger partial charge in [-0.2, -0.15) is 0 Å². The summed E-state index contributed by atoms with van der Waals surface area (Å²) >= 11 is 0. The Morgan fingerprint density at radius 3 is 2.47 bits per heavy atom. The van der Waals surface area contributed by atoms with Crippen LogP contribution in [0.3, 0.4) is 0 Å². The van der Waals surface area contributed by atoms with Crippen LogP contribution >= 0.6 is 0 Å². The van der Waals surface area contributed by atoms with Crippen LogP contribution in [0.15, 0.2) is 16.5 Å². The van der Waals surface area contributed by atoms with E-state index in [4.69, 9.17) is 4.42 Å². The van der Waals surface area contributed by atoms with Gasteiger partial charge in [-0.25, -0.2) is 0 Å². The van der Waals surface area contributed by atoms with Crippen LogP contribution in [0.1, 0.15) is 62.3 Å². The number of ketones is 2. The fourth-order valence-corrected chi connectivity index (χ4v) is 1.59. The van der Waals surface area contributed by atoms with Crippen molar-refractivity contribution in [3.05, 3.63) is 23.7 Å². The summed E-state index contributed by atoms with van der Waals surface area (Å²) < 4.78 is 5.35. The van der Waals surface area contributed by atoms with Crippen molar-refractivity contribution in [2.75, 3.05) is 0 Å². The molecule has 1 aromatic rings. The van der Waals surface area contributed by atoms with Crippen LogP contribution in [0, 0.1) is 0 Å². The second-order valence-electron chi connectivity index (χ2n) is 4.18. The van der Waals surface area contributed by atoms with E-state index in [1.807, 2.05) is 19.9 Å². The highest BCUT2D eigenvalue weighted by molar-refractivity contribution is 5.95. The SMILES string of the molecule is CCCCC(=O)CCC(=O)c1ccc(CC)o1. The van der Waals surface area contributed by atoms with Crippen LogP contribution in [0.2, 0.25) is 0 Å². The average Bonchev–Trinajstić information content (AvgIpc) is 2.82. The van der Waals surface area contributed by atoms with Crippen molar-refractivity contribution in [3.63, 3.8) is 0 Å². The van der Waals surface area contributed by atoms with E-state index >= 15 is 0 Å². The van der Waals surface area contributed by atoms with Crippen LogP contribution in [0.4, 0.5) is 0 Å². The maximum atomic E-state index is 11.7. The zero-order valence-corrected chi connectivity index (χ0v) is 10.6. The predicted molar refractivity (Wildman–Crippen MR) is 66.2 cm³/mol. The summed E-state index contributed by atoms with van der Waals surface area (Å²) in [5.74, 6) is 1.29. The standard InChI is InChI=1S/C14H20O3/c1-3-5-6-11(15)7-9-13(16)14-10-8-12(4-2)17-14/h8,10H,3-7,9H2,1-2H3. The minimum atomic E-state index is -0.0745. The van der Waals surface area contributed by atoms with Crippen molar-refractivity contribution in [2.45, 2.75) is 52.4 Å². The molecule has 0 bridgehead atoms. The summed E-state index contributed by atoms with van der Waals surface area (Å²) in [5, 5.41) is 0. The predicted octanol–water partition coefficient (Wildman–Crippen LogP) is 3.56. The lowest BCUT2D eigenvalue weighted by atomic mass is 10.1. The molecule has 0 aliphatic rings. The Balaban J connectivity index is 2.36. The number of aryl methyl sites for hydroxylation is 1. The highest BCUT2D eigenvalue weighted by Crippen LogP contribution is 2.12. The molecule has 0 saturated heterocycles. The van der Waals surface area contributed by atoms with Gasteiger partial charge < -0.3 is 4.42 Å². The molecule has 0 saturated carbocycles. The minimum Gasteiger partial charge on any atom is -0.458 e. The van der Waals surface area contributed by atoms with E-state index in [1.54, 1.807) is 6.07 Å². The van der Waals surface area contributed by atoms with Gasteiger partial charge in [0.05, 0.1) is 0 Å². The number of carbonyl (C=O) groups is 2. The zero-order valence-electron chi connectivity index (χ0n) is 10.6. The van der Waals surface area contributed by atoms with E-state index in [2.05, 4.69) is 0 Å². The van der Waals surface area contributed by atoms with E-state index in [1.165, 1.54) is 0 Å². The van der Waals surface area contributed by atoms with E-state index in [-0.39, 0.29) is 18.0 Å². The maximum Gasteiger partial charge on any atom is 0.198 e. The van der Waals surface area contributed by atoms with Gasteiger partial charge in [-0.15, -0.1) is 0 Å². The molecule has 0 spiro atoms. The number of hydrogen-bond acceptors (Lipinski definition) is 3. The molecule has 0 radical (unpaired) electrons. The van der Waals surface area contributed by atoms with Gasteiger partial charge in [0.25, 0.3) is 0 Å². The van der Waals surface area contributed by atoms with Crippen LogP contribution in [0.25, 0.3) is 0 Å². The lowest BCUT2D eigenvalue weighted by Gasteiger charge is -1.98. The first-order valence-electron chi connectivity index (χ1n) is 6.31. The van der Waals surface area contributed by atoms with E-state index < -0.39 is 0 Å². The fraction of sp³-hybridized carbons (Fsp3) is 0.571. The Kier molecular flexibility index (Phi) is 5.67. The monoisotopic (exact) mass is 236 g/mol. The van der Waals surface area contributed by atoms with E-state index in [9.17, 15) is 9.59 Å². The van der Waals surface area contributed by atoms with Gasteiger partial charge in [0, 0.05) is 25.7 Å². The molecule has 94 valence electrons. The molecule has 0 aliphatic heterocycles. The summed E-state index contributed by atoms with van der Waals surface area (Å²) in [4.78, 5) is 23.1. The molecule has 3 nitrogen and oxygen atoms in total. The molecule has 3 heteroatoms. The molecule has 17 heavy (non-hydrogen) atoms. The Morgan fingerprint density at radius 2 is 1.88 bits per heavy atom. The van der Waals surface area contributed by atoms with Gasteiger partial charge >= 0.3 is 0 Å². The number of furan rings is 1. The highest BCUT2D eigenvalue weighted by atomic mass is 16.3. The van der Waals surface area contributed by atoms with Crippen molar-refractivity contribution < 1.29 is 14.0 Å². The Labute approximate surface area is 102 Å². The topological polar surface area (TPSA) is 47.3 Å². The molecule has 0 aliphatic carbocycles. The smallest absolute Gasteiger partial charge is 0.198 e. The van der Waals surface area contributed by atoms with E-state index in [0.717, 1.165) is 25.0 Å². The lowest BCUT2D eigenvalue weighted by Crippen LogP contribution is -2.03. The minimum absolute atomic E-state index is 0.0745. The summed E-state index contributed by atoms with van der Waals surface area (Å²) in [6.07, 6.45) is 3.89. The lowest BCUT2D eigenvalue weighted by molar-refractivity contribution is -0.119. The summed E-state index contributed by atoms with van der Waals surface area (Å²) in [7, 11) is 0. The molecular formula is C14H20O3. The largest absolute Gasteiger partial charge is 0.458 e. The molecule has 0 N–H and O–H groups in total. The molecule has 1 heterocycles. The van der Waals surface area contributed by atoms with Gasteiger partial charge in [0.15, 0.2) is 11.5 Å². The van der Waals surface area contributed by atoms with Gasteiger partial charge in [-0.05, 0) is 18.6 Å². The maximum absolute atomic E-state index is 11.7. The van der Waals surface area contributed by atoms with Crippen LogP contribution < -0.4 is 0 Å². The van der Waals surface area contributed by atoms with Crippen molar-refractivity contribution in [1.82, 2.24) is 0 Å². The first-order chi connectivity index (χ1) is 8.17. The fourth-order valence-electron chi connectivity index (χ4n) is 1.59. The molecule has 0 unspecified atom stereocenters. The van der Waals surface area contributed by atoms with Crippen molar-refractivity contribution >= 4 is 11.6 Å². The average molecular weight is 236 g/mol. The molecule has 0 fully saturated rings. The summed E-state index contributed by atoms with van der Waals surface area (Å²) in [6, 6.07) is 3.50. The van der Waals surface area contributed by atoms with Crippen LogP contribution in [-0.2, 0) is 11.2 Å². The second kappa shape index (κ2) is 7.05. The second-order valence-corrected chi connectivity index (χ2v) is 4.18. The summed E-state index contributed by atoms with van der Waals surface area (Å²) in [6.45, 7) is 4.02. The van der Waals surface area contributed by atoms with Gasteiger partial charge in [-0.1, -0.05) is 20.3 Å². The number of hydrogen-bond donors (Lipinski definition) is 0. The van der Waals surface area contributed by atoms with Crippen molar-refractivity contribution in [1.29, 1.82) is 0 Å². The van der Waals surface area contributed by atoms with Crippen LogP contribution in [0.5, 0.6) is 0 Å². The third-order valence-electron chi connectivity index (χ3n) is 2.73. The quantitative estimate of drug-likeness (QED) is 0.648. The van der Waals surface area contributed by atoms with Crippen LogP contribution in [-0.4, -0.2) is 11.6 Å². The van der Waals surface area contributed by atoms with Gasteiger partial charge in [0.2, 0.25) is 0 Å². The van der Waals surface area contributed by atoms with Crippen molar-refractivity contribution in [3.8, 4) is 0 Å². The molecule has 0 atom stereocenters. The number of unbranched alkanes of at least 4 members (excludes halogenated alkanes) is 1. The molecule has 1 rings (SSSR count). The number of Topliss-reactive ketones (excluding diaryl/α,β-unsaturated/α-hetero) is 2. The van der Waals surface area contributed by atoms with Gasteiger partial charge in [-0.3, -0.25) is 9.59 Å². The first-order valence-corrected chi connectivity index (χ1v) is 6.31. The third-order valence-corrected chi connectivity index (χ3v) is 2.73. The molecule has 0 amide bonds. The molecule has 1 aromatic heterocycles. The Bertz CT molecular complexity index is 377.